The summed E-state index contributed by atoms with van der Waals surface area (Å²) >= 11 is 5.04. The van der Waals surface area contributed by atoms with Gasteiger partial charge in [-0.2, -0.15) is 4.98 Å². The van der Waals surface area contributed by atoms with Crippen molar-refractivity contribution < 1.29 is 29.5 Å². The molecule has 1 saturated heterocycles. The van der Waals surface area contributed by atoms with Crippen LogP contribution in [0.4, 0.5) is 0 Å². The van der Waals surface area contributed by atoms with Gasteiger partial charge in [0.15, 0.2) is 5.16 Å². The number of aromatic amines is 1. The van der Waals surface area contributed by atoms with Crippen LogP contribution in [-0.4, -0.2) is 87.5 Å². The second-order valence-corrected chi connectivity index (χ2v) is 9.22. The van der Waals surface area contributed by atoms with Crippen LogP contribution in [0.3, 0.4) is 0 Å². The van der Waals surface area contributed by atoms with E-state index in [9.17, 15) is 33.9 Å². The smallest absolute Gasteiger partial charge is 0.352 e. The maximum atomic E-state index is 12.7. The quantitative estimate of drug-likeness (QED) is 0.0402. The second-order valence-electron chi connectivity index (χ2n) is 6.61. The van der Waals surface area contributed by atoms with Gasteiger partial charge in [-0.25, -0.2) is 4.79 Å². The number of oxime groups is 1. The molecule has 2 aliphatic rings. The molecule has 0 saturated carbocycles. The first-order valence-electron chi connectivity index (χ1n) is 8.92. The summed E-state index contributed by atoms with van der Waals surface area (Å²) in [6, 6.07) is -1.12. The van der Waals surface area contributed by atoms with Gasteiger partial charge in [-0.1, -0.05) is 32.8 Å². The molecule has 3 heterocycles. The Balaban J connectivity index is 1.78. The highest BCUT2D eigenvalue weighted by molar-refractivity contribution is 9.09. The number of fused-ring (bicyclic) bond motifs is 1. The summed E-state index contributed by atoms with van der Waals surface area (Å²) in [4.78, 5) is 75.9. The molecule has 3 rings (SSSR count). The van der Waals surface area contributed by atoms with E-state index in [2.05, 4.69) is 36.5 Å². The number of rotatable bonds is 8. The average molecular weight is 563 g/mol. The number of hydrogen-bond acceptors (Lipinski definition) is 11. The fourth-order valence-electron chi connectivity index (χ4n) is 3.04. The number of β-lactam (4-membered cyclic amide) rings is 1. The fraction of sp³-hybridized carbons (Fsp3) is 0.375. The Morgan fingerprint density at radius 3 is 2.67 bits per heavy atom. The van der Waals surface area contributed by atoms with Crippen LogP contribution in [0.5, 0.6) is 0 Å². The molecule has 1 aromatic heterocycles. The molecular formula is C16H15BrN6O8S2. The topological polar surface area (TPSA) is 204 Å². The Hall–Kier alpha value is -2.92. The van der Waals surface area contributed by atoms with Gasteiger partial charge in [-0.05, 0) is 5.57 Å². The molecule has 1 aromatic rings. The molecule has 0 radical (unpaired) electrons. The van der Waals surface area contributed by atoms with E-state index in [4.69, 9.17) is 5.21 Å². The zero-order chi connectivity index (χ0) is 24.4. The van der Waals surface area contributed by atoms with Crippen molar-refractivity contribution in [2.75, 3.05) is 16.8 Å². The third-order valence-corrected chi connectivity index (χ3v) is 7.53. The van der Waals surface area contributed by atoms with Crippen molar-refractivity contribution in [3.63, 3.8) is 0 Å². The van der Waals surface area contributed by atoms with Crippen LogP contribution >= 0.6 is 39.5 Å². The van der Waals surface area contributed by atoms with E-state index >= 15 is 0 Å². The standard InChI is InChI=1S/C16H15BrN6O8S2/c1-22-16(19-11(26)12(27)20-22)33-4-5-3-32-14-8(13(28)23(14)9(5)15(29)30)18-10(25)7(21-31)6(24)2-17/h8,14,31H,2-4H2,1H3,(H,18,25)(H,20,27)(H,29,30)/b21-7-/t8-,14-/m1/s1. The largest absolute Gasteiger partial charge is 0.477 e. The molecule has 0 aliphatic carbocycles. The van der Waals surface area contributed by atoms with Crippen LogP contribution < -0.4 is 16.4 Å². The third kappa shape index (κ3) is 4.74. The van der Waals surface area contributed by atoms with Crippen LogP contribution in [0.2, 0.25) is 0 Å². The number of ketones is 1. The lowest BCUT2D eigenvalue weighted by Gasteiger charge is -2.49. The van der Waals surface area contributed by atoms with Crippen molar-refractivity contribution in [2.45, 2.75) is 16.6 Å². The van der Waals surface area contributed by atoms with E-state index in [1.807, 2.05) is 0 Å². The maximum Gasteiger partial charge on any atom is 0.352 e. The van der Waals surface area contributed by atoms with Gasteiger partial charge in [-0.15, -0.1) is 11.8 Å². The van der Waals surface area contributed by atoms with Crippen LogP contribution in [0.25, 0.3) is 0 Å². The zero-order valence-electron chi connectivity index (χ0n) is 16.6. The highest BCUT2D eigenvalue weighted by Crippen LogP contribution is 2.41. The van der Waals surface area contributed by atoms with Crippen LogP contribution in [0, 0.1) is 0 Å². The van der Waals surface area contributed by atoms with Gasteiger partial charge in [-0.3, -0.25) is 38.7 Å². The number of carbonyl (C=O) groups excluding carboxylic acids is 3. The van der Waals surface area contributed by atoms with Crippen LogP contribution in [0.15, 0.2) is 31.2 Å². The number of aromatic nitrogens is 3. The molecule has 14 nitrogen and oxygen atoms in total. The number of thioether (sulfide) groups is 2. The number of Topliss-reactive ketones (excluding diaryl/α,β-unsaturated/α-hetero) is 1. The predicted octanol–water partition coefficient (Wildman–Crippen LogP) is -1.91. The van der Waals surface area contributed by atoms with E-state index in [0.29, 0.717) is 5.57 Å². The molecule has 2 aliphatic heterocycles. The maximum absolute atomic E-state index is 12.7. The Morgan fingerprint density at radius 1 is 1.36 bits per heavy atom. The Morgan fingerprint density at radius 2 is 2.06 bits per heavy atom. The van der Waals surface area contributed by atoms with Gasteiger partial charge in [0, 0.05) is 18.6 Å². The second kappa shape index (κ2) is 9.92. The third-order valence-electron chi connectivity index (χ3n) is 4.56. The summed E-state index contributed by atoms with van der Waals surface area (Å²) in [7, 11) is 1.46. The normalized spacial score (nSPS) is 20.2. The van der Waals surface area contributed by atoms with Crippen molar-refractivity contribution in [2.24, 2.45) is 12.2 Å². The zero-order valence-corrected chi connectivity index (χ0v) is 19.8. The van der Waals surface area contributed by atoms with Crippen molar-refractivity contribution in [1.29, 1.82) is 0 Å². The van der Waals surface area contributed by atoms with Gasteiger partial charge in [0.2, 0.25) is 11.5 Å². The molecule has 17 heteroatoms. The minimum Gasteiger partial charge on any atom is -0.477 e. The number of alkyl halides is 1. The van der Waals surface area contributed by atoms with Gasteiger partial charge >= 0.3 is 17.1 Å². The molecule has 0 spiro atoms. The number of amides is 2. The van der Waals surface area contributed by atoms with Crippen molar-refractivity contribution >= 4 is 68.7 Å². The Kier molecular flexibility index (Phi) is 7.43. The van der Waals surface area contributed by atoms with E-state index in [1.54, 1.807) is 0 Å². The van der Waals surface area contributed by atoms with E-state index in [-0.39, 0.29) is 27.7 Å². The van der Waals surface area contributed by atoms with Gasteiger partial charge in [0.1, 0.15) is 17.1 Å². The molecular weight excluding hydrogens is 548 g/mol. The first-order valence-corrected chi connectivity index (χ1v) is 12.1. The Labute approximate surface area is 200 Å². The minimum atomic E-state index is -1.36. The molecule has 0 unspecified atom stereocenters. The summed E-state index contributed by atoms with van der Waals surface area (Å²) < 4.78 is 1.23. The van der Waals surface area contributed by atoms with Crippen LogP contribution in [0.1, 0.15) is 0 Å². The molecule has 33 heavy (non-hydrogen) atoms. The number of nitrogens with zero attached hydrogens (tertiary/aromatic N) is 4. The summed E-state index contributed by atoms with van der Waals surface area (Å²) in [6.07, 6.45) is 0. The van der Waals surface area contributed by atoms with Gasteiger partial charge in [0.25, 0.3) is 11.8 Å². The van der Waals surface area contributed by atoms with E-state index in [1.165, 1.54) is 23.5 Å². The van der Waals surface area contributed by atoms with Gasteiger partial charge < -0.3 is 15.6 Å². The van der Waals surface area contributed by atoms with Crippen molar-refractivity contribution in [3.05, 3.63) is 32.0 Å². The van der Waals surface area contributed by atoms with Crippen molar-refractivity contribution in [1.82, 2.24) is 25.0 Å². The number of aliphatic carboxylic acids is 1. The predicted molar refractivity (Wildman–Crippen MR) is 119 cm³/mol. The summed E-state index contributed by atoms with van der Waals surface area (Å²) in [6.45, 7) is 0. The molecule has 4 N–H and O–H groups in total. The molecule has 2 atom stereocenters. The number of nitrogens with one attached hydrogen (secondary N) is 2. The first-order chi connectivity index (χ1) is 15.6. The molecule has 0 aromatic carbocycles. The van der Waals surface area contributed by atoms with Gasteiger partial charge in [0.05, 0.1) is 5.33 Å². The number of halogens is 1. The average Bonchev–Trinajstić information content (AvgIpc) is 2.78. The minimum absolute atomic E-state index is 0.0650. The van der Waals surface area contributed by atoms with E-state index in [0.717, 1.165) is 16.7 Å². The number of carbonyl (C=O) groups is 4. The molecule has 176 valence electrons. The fourth-order valence-corrected chi connectivity index (χ4v) is 5.71. The van der Waals surface area contributed by atoms with E-state index < -0.39 is 51.8 Å². The SMILES string of the molecule is Cn1[nH]c(=O)c(=O)nc1SCC1=C(C(=O)O)N2C(=O)[C@@H](NC(=O)/C(=N\O)C(=O)CBr)[C@H]2SC1. The molecule has 2 amide bonds. The summed E-state index contributed by atoms with van der Waals surface area (Å²) in [5.41, 5.74) is -2.55. The lowest BCUT2D eigenvalue weighted by molar-refractivity contribution is -0.150. The highest BCUT2D eigenvalue weighted by atomic mass is 79.9. The Bertz CT molecular complexity index is 1220. The summed E-state index contributed by atoms with van der Waals surface area (Å²) in [5, 5.41) is 25.0. The number of aryl methyl sites for hydroxylation is 1. The summed E-state index contributed by atoms with van der Waals surface area (Å²) in [5.74, 6) is -3.68. The lowest BCUT2D eigenvalue weighted by atomic mass is 10.0. The lowest BCUT2D eigenvalue weighted by Crippen LogP contribution is -2.71. The molecule has 0 bridgehead atoms. The number of hydrogen-bond donors (Lipinski definition) is 4. The first kappa shape index (κ1) is 24.7. The van der Waals surface area contributed by atoms with Crippen LogP contribution in [-0.2, 0) is 26.2 Å². The monoisotopic (exact) mass is 562 g/mol. The number of carboxylic acids is 1. The number of H-pyrrole nitrogens is 1. The highest BCUT2D eigenvalue weighted by Gasteiger charge is 2.54. The number of carboxylic acid groups (broad SMARTS) is 1. The molecule has 1 fully saturated rings. The van der Waals surface area contributed by atoms with Crippen molar-refractivity contribution in [3.8, 4) is 0 Å².